The fourth-order valence-electron chi connectivity index (χ4n) is 5.37. The van der Waals surface area contributed by atoms with Gasteiger partial charge in [0.25, 0.3) is 0 Å². The lowest BCUT2D eigenvalue weighted by molar-refractivity contribution is -0.0756. The van der Waals surface area contributed by atoms with Gasteiger partial charge >= 0.3 is 0 Å². The van der Waals surface area contributed by atoms with Crippen LogP contribution in [0, 0.1) is 46.4 Å². The van der Waals surface area contributed by atoms with E-state index in [-0.39, 0.29) is 18.1 Å². The summed E-state index contributed by atoms with van der Waals surface area (Å²) in [6.07, 6.45) is 6.74. The fraction of sp³-hybridized carbons (Fsp3) is 0.647. The molecule has 120 valence electrons. The molecule has 4 aliphatic carbocycles. The smallest absolute Gasteiger partial charge is 0.203 e. The van der Waals surface area contributed by atoms with Gasteiger partial charge in [0.2, 0.25) is 11.6 Å². The summed E-state index contributed by atoms with van der Waals surface area (Å²) < 4.78 is 59.2. The van der Waals surface area contributed by atoms with Gasteiger partial charge in [-0.3, -0.25) is 0 Å². The van der Waals surface area contributed by atoms with Crippen molar-refractivity contribution in [2.45, 2.75) is 38.5 Å². The first-order valence-electron chi connectivity index (χ1n) is 7.91. The third-order valence-corrected chi connectivity index (χ3v) is 5.76. The van der Waals surface area contributed by atoms with Gasteiger partial charge in [0, 0.05) is 11.5 Å². The van der Waals surface area contributed by atoms with Crippen LogP contribution in [0.1, 0.15) is 38.5 Å². The maximum Gasteiger partial charge on any atom is 0.203 e. The Hall–Kier alpha value is -1.26. The van der Waals surface area contributed by atoms with E-state index in [1.54, 1.807) is 0 Å². The highest BCUT2D eigenvalue weighted by molar-refractivity contribution is 5.28. The number of hydrogen-bond acceptors (Lipinski definition) is 1. The highest BCUT2D eigenvalue weighted by atomic mass is 19.2. The van der Waals surface area contributed by atoms with E-state index in [1.807, 2.05) is 0 Å². The monoisotopic (exact) mass is 314 g/mol. The molecule has 0 radical (unpaired) electrons. The highest BCUT2D eigenvalue weighted by Crippen LogP contribution is 2.60. The van der Waals surface area contributed by atoms with Gasteiger partial charge in [-0.15, -0.1) is 0 Å². The molecule has 0 aromatic heterocycles. The average molecular weight is 314 g/mol. The molecule has 0 unspecified atom stereocenters. The van der Waals surface area contributed by atoms with Crippen molar-refractivity contribution in [3.8, 4) is 5.75 Å². The van der Waals surface area contributed by atoms with Crippen molar-refractivity contribution < 1.29 is 22.3 Å². The molecule has 1 aromatic rings. The minimum absolute atomic E-state index is 0.0730. The molecule has 4 saturated carbocycles. The summed E-state index contributed by atoms with van der Waals surface area (Å²) in [5.41, 5.74) is -0.0730. The molecule has 4 bridgehead atoms. The third-order valence-electron chi connectivity index (χ3n) is 5.76. The van der Waals surface area contributed by atoms with Crippen LogP contribution in [0.5, 0.6) is 5.75 Å². The van der Waals surface area contributed by atoms with Crippen molar-refractivity contribution in [3.05, 3.63) is 29.3 Å². The minimum Gasteiger partial charge on any atom is -0.487 e. The van der Waals surface area contributed by atoms with Gasteiger partial charge in [0.05, 0.1) is 6.61 Å². The number of halogens is 4. The second-order valence-electron chi connectivity index (χ2n) is 7.50. The molecule has 0 atom stereocenters. The maximum absolute atomic E-state index is 13.7. The standard InChI is InChI=1S/C17H18F4O/c18-12-4-13(19)15(21)16(14(12)20)22-8-17-5-9-1-10(6-17)3-11(2-9)7-17/h4,9-11H,1-3,5-8H2. The van der Waals surface area contributed by atoms with Gasteiger partial charge in [-0.1, -0.05) is 0 Å². The second-order valence-corrected chi connectivity index (χ2v) is 7.50. The maximum atomic E-state index is 13.7. The van der Waals surface area contributed by atoms with Gasteiger partial charge in [-0.2, -0.15) is 8.78 Å². The lowest BCUT2D eigenvalue weighted by Crippen LogP contribution is -2.48. The molecule has 0 saturated heterocycles. The largest absolute Gasteiger partial charge is 0.487 e. The summed E-state index contributed by atoms with van der Waals surface area (Å²) in [5.74, 6) is -4.60. The Bertz CT molecular complexity index is 552. The SMILES string of the molecule is Fc1cc(F)c(F)c(OCC23CC4CC(CC(C4)C2)C3)c1F. The molecular formula is C17H18F4O. The number of ether oxygens (including phenoxy) is 1. The van der Waals surface area contributed by atoms with Crippen molar-refractivity contribution in [2.24, 2.45) is 23.2 Å². The summed E-state index contributed by atoms with van der Waals surface area (Å²) in [6.45, 7) is 0.146. The van der Waals surface area contributed by atoms with Crippen LogP contribution in [0.15, 0.2) is 6.07 Å². The second kappa shape index (κ2) is 4.87. The molecule has 0 N–H and O–H groups in total. The molecular weight excluding hydrogens is 296 g/mol. The molecule has 0 heterocycles. The van der Waals surface area contributed by atoms with Crippen molar-refractivity contribution in [1.29, 1.82) is 0 Å². The lowest BCUT2D eigenvalue weighted by Gasteiger charge is -2.56. The molecule has 0 amide bonds. The van der Waals surface area contributed by atoms with Crippen molar-refractivity contribution >= 4 is 0 Å². The summed E-state index contributed by atoms with van der Waals surface area (Å²) >= 11 is 0. The first kappa shape index (κ1) is 14.3. The van der Waals surface area contributed by atoms with E-state index in [2.05, 4.69) is 0 Å². The lowest BCUT2D eigenvalue weighted by atomic mass is 9.50. The average Bonchev–Trinajstić information content (AvgIpc) is 2.43. The predicted molar refractivity (Wildman–Crippen MR) is 72.4 cm³/mol. The normalized spacial score (nSPS) is 35.9. The van der Waals surface area contributed by atoms with Crippen molar-refractivity contribution in [1.82, 2.24) is 0 Å². The van der Waals surface area contributed by atoms with E-state index in [1.165, 1.54) is 19.3 Å². The van der Waals surface area contributed by atoms with Gasteiger partial charge in [-0.25, -0.2) is 8.78 Å². The Kier molecular flexibility index (Phi) is 3.17. The first-order chi connectivity index (χ1) is 10.5. The quantitative estimate of drug-likeness (QED) is 0.573. The van der Waals surface area contributed by atoms with E-state index >= 15 is 0 Å². The van der Waals surface area contributed by atoms with Crippen LogP contribution >= 0.6 is 0 Å². The Morgan fingerprint density at radius 1 is 0.864 bits per heavy atom. The summed E-state index contributed by atoms with van der Waals surface area (Å²) in [6, 6.07) is 0.211. The van der Waals surface area contributed by atoms with Gasteiger partial charge in [0.1, 0.15) is 0 Å². The molecule has 5 heteroatoms. The van der Waals surface area contributed by atoms with Crippen LogP contribution in [0.2, 0.25) is 0 Å². The van der Waals surface area contributed by atoms with E-state index in [9.17, 15) is 17.6 Å². The van der Waals surface area contributed by atoms with E-state index in [4.69, 9.17) is 4.74 Å². The number of benzene rings is 1. The van der Waals surface area contributed by atoms with Crippen LogP contribution in [0.4, 0.5) is 17.6 Å². The van der Waals surface area contributed by atoms with Gasteiger partial charge in [0.15, 0.2) is 17.4 Å². The van der Waals surface area contributed by atoms with Crippen LogP contribution in [-0.2, 0) is 0 Å². The molecule has 1 nitrogen and oxygen atoms in total. The van der Waals surface area contributed by atoms with Gasteiger partial charge < -0.3 is 4.74 Å². The van der Waals surface area contributed by atoms with Crippen molar-refractivity contribution in [3.63, 3.8) is 0 Å². The molecule has 0 spiro atoms. The Morgan fingerprint density at radius 2 is 1.32 bits per heavy atom. The van der Waals surface area contributed by atoms with Crippen LogP contribution < -0.4 is 4.74 Å². The van der Waals surface area contributed by atoms with Crippen LogP contribution in [-0.4, -0.2) is 6.61 Å². The van der Waals surface area contributed by atoms with E-state index in [0.29, 0.717) is 17.8 Å². The molecule has 0 aliphatic heterocycles. The fourth-order valence-corrected chi connectivity index (χ4v) is 5.37. The highest BCUT2D eigenvalue weighted by Gasteiger charge is 2.51. The Balaban J connectivity index is 1.56. The van der Waals surface area contributed by atoms with Crippen LogP contribution in [0.25, 0.3) is 0 Å². The van der Waals surface area contributed by atoms with Crippen LogP contribution in [0.3, 0.4) is 0 Å². The van der Waals surface area contributed by atoms with Gasteiger partial charge in [-0.05, 0) is 56.3 Å². The Morgan fingerprint density at radius 3 is 1.77 bits per heavy atom. The first-order valence-corrected chi connectivity index (χ1v) is 7.91. The zero-order valence-corrected chi connectivity index (χ0v) is 12.2. The van der Waals surface area contributed by atoms with E-state index < -0.39 is 29.0 Å². The molecule has 22 heavy (non-hydrogen) atoms. The van der Waals surface area contributed by atoms with Crippen molar-refractivity contribution in [2.75, 3.05) is 6.61 Å². The number of rotatable bonds is 3. The molecule has 5 rings (SSSR count). The summed E-state index contributed by atoms with van der Waals surface area (Å²) in [7, 11) is 0. The topological polar surface area (TPSA) is 9.23 Å². The minimum atomic E-state index is -1.44. The zero-order chi connectivity index (χ0) is 15.5. The molecule has 1 aromatic carbocycles. The summed E-state index contributed by atoms with van der Waals surface area (Å²) in [4.78, 5) is 0. The third kappa shape index (κ3) is 2.20. The molecule has 4 aliphatic rings. The zero-order valence-electron chi connectivity index (χ0n) is 12.2. The molecule has 4 fully saturated rings. The summed E-state index contributed by atoms with van der Waals surface area (Å²) in [5, 5.41) is 0. The van der Waals surface area contributed by atoms with E-state index in [0.717, 1.165) is 19.3 Å². The Labute approximate surface area is 126 Å². The number of hydrogen-bond donors (Lipinski definition) is 0. The predicted octanol–water partition coefficient (Wildman–Crippen LogP) is 4.84.